The summed E-state index contributed by atoms with van der Waals surface area (Å²) < 4.78 is 0. The largest absolute Gasteiger partial charge is 0.357 e. The van der Waals surface area contributed by atoms with Crippen molar-refractivity contribution in [2.45, 2.75) is 53.6 Å². The first-order valence-corrected chi connectivity index (χ1v) is 11.2. The van der Waals surface area contributed by atoms with Gasteiger partial charge < -0.3 is 15.5 Å². The Morgan fingerprint density at radius 2 is 1.83 bits per heavy atom. The van der Waals surface area contributed by atoms with Crippen molar-refractivity contribution in [1.82, 2.24) is 20.5 Å². The normalized spacial score (nSPS) is 11.6. The van der Waals surface area contributed by atoms with E-state index in [0.29, 0.717) is 19.0 Å². The summed E-state index contributed by atoms with van der Waals surface area (Å²) in [7, 11) is 0. The van der Waals surface area contributed by atoms with Crippen molar-refractivity contribution < 1.29 is 4.79 Å². The number of nitrogens with one attached hydrogen (secondary N) is 2. The topological polar surface area (TPSA) is 69.6 Å². The van der Waals surface area contributed by atoms with Gasteiger partial charge in [0.05, 0.1) is 18.8 Å². The smallest absolute Gasteiger partial charge is 0.253 e. The molecule has 0 radical (unpaired) electrons. The molecular formula is C22H33N5OS. The van der Waals surface area contributed by atoms with Crippen molar-refractivity contribution in [3.63, 3.8) is 0 Å². The molecular weight excluding hydrogens is 382 g/mol. The number of rotatable bonds is 9. The van der Waals surface area contributed by atoms with Crippen LogP contribution in [-0.4, -0.2) is 41.4 Å². The zero-order chi connectivity index (χ0) is 21.2. The molecule has 29 heavy (non-hydrogen) atoms. The summed E-state index contributed by atoms with van der Waals surface area (Å²) in [5.74, 6) is 1.28. The standard InChI is InChI=1S/C22H33N5OS/c1-6-23-22(25-14-20-26-19(15-29-20)16(4)5)24-13-17-9-11-18(12-10-17)21(28)27(7-2)8-3/h9-12,15-16H,6-8,13-14H2,1-5H3,(H2,23,24,25). The first kappa shape index (κ1) is 22.9. The fourth-order valence-electron chi connectivity index (χ4n) is 2.79. The van der Waals surface area contributed by atoms with Crippen molar-refractivity contribution in [2.24, 2.45) is 4.99 Å². The van der Waals surface area contributed by atoms with Crippen LogP contribution >= 0.6 is 11.3 Å². The van der Waals surface area contributed by atoms with E-state index in [0.717, 1.165) is 47.4 Å². The van der Waals surface area contributed by atoms with Gasteiger partial charge in [0.15, 0.2) is 5.96 Å². The van der Waals surface area contributed by atoms with E-state index in [2.05, 4.69) is 39.8 Å². The van der Waals surface area contributed by atoms with Crippen LogP contribution in [-0.2, 0) is 13.1 Å². The molecule has 0 saturated heterocycles. The van der Waals surface area contributed by atoms with E-state index >= 15 is 0 Å². The number of hydrogen-bond acceptors (Lipinski definition) is 4. The second-order valence-corrected chi connectivity index (χ2v) is 7.99. The van der Waals surface area contributed by atoms with Crippen LogP contribution in [0.5, 0.6) is 0 Å². The SMILES string of the molecule is CCNC(=NCc1ccc(C(=O)N(CC)CC)cc1)NCc1nc(C(C)C)cs1. The van der Waals surface area contributed by atoms with E-state index in [-0.39, 0.29) is 5.91 Å². The molecule has 6 nitrogen and oxygen atoms in total. The number of thiazole rings is 1. The third-order valence-corrected chi connectivity index (χ3v) is 5.45. The van der Waals surface area contributed by atoms with E-state index in [1.165, 1.54) is 0 Å². The Hall–Kier alpha value is -2.41. The maximum Gasteiger partial charge on any atom is 0.253 e. The van der Waals surface area contributed by atoms with Crippen LogP contribution in [0, 0.1) is 0 Å². The maximum absolute atomic E-state index is 12.4. The molecule has 2 N–H and O–H groups in total. The number of amides is 1. The van der Waals surface area contributed by atoms with Gasteiger partial charge in [0, 0.05) is 30.6 Å². The average molecular weight is 416 g/mol. The highest BCUT2D eigenvalue weighted by atomic mass is 32.1. The quantitative estimate of drug-likeness (QED) is 0.480. The zero-order valence-corrected chi connectivity index (χ0v) is 19.0. The van der Waals surface area contributed by atoms with Crippen molar-refractivity contribution in [3.05, 3.63) is 51.5 Å². The van der Waals surface area contributed by atoms with E-state index in [4.69, 9.17) is 0 Å². The molecule has 0 atom stereocenters. The minimum Gasteiger partial charge on any atom is -0.357 e. The van der Waals surface area contributed by atoms with Gasteiger partial charge in [0.2, 0.25) is 0 Å². The van der Waals surface area contributed by atoms with Gasteiger partial charge in [-0.05, 0) is 44.4 Å². The first-order valence-electron chi connectivity index (χ1n) is 10.3. The number of aliphatic imine (C=N–C) groups is 1. The van der Waals surface area contributed by atoms with Crippen LogP contribution in [0.15, 0.2) is 34.6 Å². The van der Waals surface area contributed by atoms with Gasteiger partial charge in [-0.15, -0.1) is 11.3 Å². The fourth-order valence-corrected chi connectivity index (χ4v) is 3.68. The molecule has 1 heterocycles. The highest BCUT2D eigenvalue weighted by Gasteiger charge is 2.12. The van der Waals surface area contributed by atoms with Crippen molar-refractivity contribution in [1.29, 1.82) is 0 Å². The Bertz CT molecular complexity index is 794. The van der Waals surface area contributed by atoms with Gasteiger partial charge in [0.1, 0.15) is 5.01 Å². The van der Waals surface area contributed by atoms with E-state index in [9.17, 15) is 4.79 Å². The second kappa shape index (κ2) is 11.6. The van der Waals surface area contributed by atoms with E-state index in [1.807, 2.05) is 49.9 Å². The predicted molar refractivity (Wildman–Crippen MR) is 122 cm³/mol. The summed E-state index contributed by atoms with van der Waals surface area (Å²) >= 11 is 1.67. The summed E-state index contributed by atoms with van der Waals surface area (Å²) in [6.07, 6.45) is 0. The van der Waals surface area contributed by atoms with Crippen LogP contribution in [0.2, 0.25) is 0 Å². The highest BCUT2D eigenvalue weighted by molar-refractivity contribution is 7.09. The lowest BCUT2D eigenvalue weighted by Gasteiger charge is -2.18. The molecule has 0 aliphatic rings. The number of guanidine groups is 1. The molecule has 158 valence electrons. The van der Waals surface area contributed by atoms with Gasteiger partial charge in [-0.2, -0.15) is 0 Å². The summed E-state index contributed by atoms with van der Waals surface area (Å²) in [6.45, 7) is 13.8. The Morgan fingerprint density at radius 1 is 1.14 bits per heavy atom. The summed E-state index contributed by atoms with van der Waals surface area (Å²) in [5.41, 5.74) is 2.92. The van der Waals surface area contributed by atoms with Crippen LogP contribution in [0.3, 0.4) is 0 Å². The van der Waals surface area contributed by atoms with Crippen molar-refractivity contribution >= 4 is 23.2 Å². The molecule has 0 saturated carbocycles. The predicted octanol–water partition coefficient (Wildman–Crippen LogP) is 4.00. The molecule has 1 aromatic heterocycles. The van der Waals surface area contributed by atoms with Gasteiger partial charge in [-0.1, -0.05) is 26.0 Å². The Morgan fingerprint density at radius 3 is 2.38 bits per heavy atom. The fraction of sp³-hybridized carbons (Fsp3) is 0.500. The molecule has 2 aromatic rings. The Labute approximate surface area is 178 Å². The number of benzene rings is 1. The second-order valence-electron chi connectivity index (χ2n) is 7.04. The molecule has 0 aliphatic carbocycles. The van der Waals surface area contributed by atoms with E-state index in [1.54, 1.807) is 11.3 Å². The lowest BCUT2D eigenvalue weighted by atomic mass is 10.1. The van der Waals surface area contributed by atoms with Gasteiger partial charge >= 0.3 is 0 Å². The van der Waals surface area contributed by atoms with Gasteiger partial charge in [0.25, 0.3) is 5.91 Å². The molecule has 0 spiro atoms. The highest BCUT2D eigenvalue weighted by Crippen LogP contribution is 2.17. The number of hydrogen-bond donors (Lipinski definition) is 2. The number of carbonyl (C=O) groups is 1. The van der Waals surface area contributed by atoms with Crippen molar-refractivity contribution in [3.8, 4) is 0 Å². The monoisotopic (exact) mass is 415 g/mol. The van der Waals surface area contributed by atoms with Crippen LogP contribution in [0.4, 0.5) is 0 Å². The molecule has 0 bridgehead atoms. The molecule has 7 heteroatoms. The third-order valence-electron chi connectivity index (χ3n) is 4.58. The van der Waals surface area contributed by atoms with Crippen molar-refractivity contribution in [2.75, 3.05) is 19.6 Å². The minimum atomic E-state index is 0.0734. The maximum atomic E-state index is 12.4. The average Bonchev–Trinajstić information content (AvgIpc) is 3.21. The summed E-state index contributed by atoms with van der Waals surface area (Å²) in [6, 6.07) is 7.71. The minimum absolute atomic E-state index is 0.0734. The lowest BCUT2D eigenvalue weighted by Crippen LogP contribution is -2.36. The summed E-state index contributed by atoms with van der Waals surface area (Å²) in [5, 5.41) is 9.78. The molecule has 0 fully saturated rings. The summed E-state index contributed by atoms with van der Waals surface area (Å²) in [4.78, 5) is 23.5. The number of carbonyl (C=O) groups excluding carboxylic acids is 1. The molecule has 1 amide bonds. The van der Waals surface area contributed by atoms with E-state index < -0.39 is 0 Å². The Kier molecular flexibility index (Phi) is 9.12. The lowest BCUT2D eigenvalue weighted by molar-refractivity contribution is 0.0773. The van der Waals surface area contributed by atoms with Gasteiger partial charge in [-0.3, -0.25) is 4.79 Å². The van der Waals surface area contributed by atoms with Crippen LogP contribution in [0.1, 0.15) is 67.2 Å². The van der Waals surface area contributed by atoms with Gasteiger partial charge in [-0.25, -0.2) is 9.98 Å². The number of aromatic nitrogens is 1. The third kappa shape index (κ3) is 6.85. The molecule has 0 unspecified atom stereocenters. The van der Waals surface area contributed by atoms with Crippen LogP contribution < -0.4 is 10.6 Å². The molecule has 0 aliphatic heterocycles. The first-order chi connectivity index (χ1) is 14.0. The zero-order valence-electron chi connectivity index (χ0n) is 18.2. The molecule has 2 rings (SSSR count). The van der Waals surface area contributed by atoms with Crippen LogP contribution in [0.25, 0.3) is 0 Å². The number of nitrogens with zero attached hydrogens (tertiary/aromatic N) is 3. The Balaban J connectivity index is 1.97. The molecule has 1 aromatic carbocycles.